The predicted octanol–water partition coefficient (Wildman–Crippen LogP) is 5.57. The van der Waals surface area contributed by atoms with Crippen molar-refractivity contribution < 1.29 is 8.83 Å². The van der Waals surface area contributed by atoms with E-state index in [1.165, 1.54) is 22.3 Å². The fraction of sp³-hybridized carbons (Fsp3) is 0.222. The molecule has 0 bridgehead atoms. The normalized spacial score (nSPS) is 12.0. The van der Waals surface area contributed by atoms with Gasteiger partial charge >= 0.3 is 0 Å². The van der Waals surface area contributed by atoms with Crippen LogP contribution in [0.15, 0.2) is 33.1 Å². The lowest BCUT2D eigenvalue weighted by atomic mass is 10.1. The van der Waals surface area contributed by atoms with Crippen molar-refractivity contribution in [3.05, 3.63) is 46.5 Å². The second kappa shape index (κ2) is 3.66. The molecule has 100 valence electrons. The minimum atomic E-state index is 0.864. The Hall–Kier alpha value is -2.22. The third-order valence-electron chi connectivity index (χ3n) is 4.31. The molecule has 0 N–H and O–H groups in total. The lowest BCUT2D eigenvalue weighted by Crippen LogP contribution is -1.79. The summed E-state index contributed by atoms with van der Waals surface area (Å²) < 4.78 is 12.1. The number of hydrogen-bond acceptors (Lipinski definition) is 2. The van der Waals surface area contributed by atoms with Crippen molar-refractivity contribution in [1.82, 2.24) is 0 Å². The SMILES string of the molecule is Cc1cc2oc3c4cc(C)c(C)cc4oc3c2cc1C. The summed E-state index contributed by atoms with van der Waals surface area (Å²) in [6.07, 6.45) is 0. The summed E-state index contributed by atoms with van der Waals surface area (Å²) in [6.45, 7) is 8.44. The van der Waals surface area contributed by atoms with Crippen LogP contribution in [0.2, 0.25) is 0 Å². The highest BCUT2D eigenvalue weighted by Crippen LogP contribution is 2.38. The lowest BCUT2D eigenvalue weighted by molar-refractivity contribution is 0.653. The van der Waals surface area contributed by atoms with E-state index in [0.29, 0.717) is 0 Å². The lowest BCUT2D eigenvalue weighted by Gasteiger charge is -1.99. The van der Waals surface area contributed by atoms with Gasteiger partial charge in [-0.15, -0.1) is 0 Å². The van der Waals surface area contributed by atoms with Gasteiger partial charge < -0.3 is 8.83 Å². The first-order valence-electron chi connectivity index (χ1n) is 6.88. The zero-order valence-corrected chi connectivity index (χ0v) is 12.1. The van der Waals surface area contributed by atoms with Crippen molar-refractivity contribution in [3.8, 4) is 0 Å². The van der Waals surface area contributed by atoms with E-state index in [4.69, 9.17) is 8.83 Å². The summed E-state index contributed by atoms with van der Waals surface area (Å²) in [5.41, 5.74) is 8.53. The van der Waals surface area contributed by atoms with Gasteiger partial charge in [-0.2, -0.15) is 0 Å². The van der Waals surface area contributed by atoms with E-state index in [-0.39, 0.29) is 0 Å². The van der Waals surface area contributed by atoms with Gasteiger partial charge in [0, 0.05) is 0 Å². The highest BCUT2D eigenvalue weighted by molar-refractivity contribution is 6.12. The minimum Gasteiger partial charge on any atom is -0.452 e. The molecule has 0 unspecified atom stereocenters. The number of aryl methyl sites for hydroxylation is 4. The van der Waals surface area contributed by atoms with Crippen molar-refractivity contribution in [2.75, 3.05) is 0 Å². The van der Waals surface area contributed by atoms with Crippen molar-refractivity contribution in [1.29, 1.82) is 0 Å². The van der Waals surface area contributed by atoms with Gasteiger partial charge in [-0.1, -0.05) is 0 Å². The number of rotatable bonds is 0. The molecule has 0 saturated carbocycles. The summed E-state index contributed by atoms with van der Waals surface area (Å²) >= 11 is 0. The summed E-state index contributed by atoms with van der Waals surface area (Å²) in [5.74, 6) is 0. The molecule has 0 aliphatic carbocycles. The van der Waals surface area contributed by atoms with Crippen LogP contribution in [-0.4, -0.2) is 0 Å². The molecule has 4 aromatic rings. The second-order valence-corrected chi connectivity index (χ2v) is 5.73. The van der Waals surface area contributed by atoms with Crippen molar-refractivity contribution in [3.63, 3.8) is 0 Å². The molecule has 0 fully saturated rings. The average Bonchev–Trinajstić information content (AvgIpc) is 2.88. The van der Waals surface area contributed by atoms with Crippen LogP contribution in [-0.2, 0) is 0 Å². The molecule has 2 aromatic heterocycles. The van der Waals surface area contributed by atoms with E-state index in [2.05, 4.69) is 52.0 Å². The van der Waals surface area contributed by atoms with Crippen molar-refractivity contribution in [2.45, 2.75) is 27.7 Å². The Bertz CT molecular complexity index is 902. The molecular weight excluding hydrogens is 248 g/mol. The van der Waals surface area contributed by atoms with Crippen LogP contribution in [0.3, 0.4) is 0 Å². The topological polar surface area (TPSA) is 26.3 Å². The summed E-state index contributed by atoms with van der Waals surface area (Å²) in [6, 6.07) is 8.48. The summed E-state index contributed by atoms with van der Waals surface area (Å²) in [4.78, 5) is 0. The number of benzene rings is 2. The highest BCUT2D eigenvalue weighted by Gasteiger charge is 2.17. The van der Waals surface area contributed by atoms with Crippen LogP contribution in [0.5, 0.6) is 0 Å². The quantitative estimate of drug-likeness (QED) is 0.415. The van der Waals surface area contributed by atoms with Gasteiger partial charge in [-0.05, 0) is 74.2 Å². The number of hydrogen-bond donors (Lipinski definition) is 0. The van der Waals surface area contributed by atoms with Crippen LogP contribution in [0.4, 0.5) is 0 Å². The van der Waals surface area contributed by atoms with Crippen LogP contribution in [0.25, 0.3) is 33.1 Å². The molecular formula is C18H16O2. The first kappa shape index (κ1) is 11.6. The van der Waals surface area contributed by atoms with E-state index in [9.17, 15) is 0 Å². The third kappa shape index (κ3) is 1.39. The van der Waals surface area contributed by atoms with Gasteiger partial charge in [0.05, 0.1) is 10.8 Å². The zero-order valence-electron chi connectivity index (χ0n) is 12.1. The van der Waals surface area contributed by atoms with Gasteiger partial charge in [-0.3, -0.25) is 0 Å². The van der Waals surface area contributed by atoms with E-state index < -0.39 is 0 Å². The second-order valence-electron chi connectivity index (χ2n) is 5.73. The standard InChI is InChI=1S/C18H16O2/c1-9-5-13-15(7-11(9)3)19-18-14-6-10(2)12(4)8-16(14)20-17(13)18/h5-8H,1-4H3. The Morgan fingerprint density at radius 2 is 0.900 bits per heavy atom. The molecule has 0 radical (unpaired) electrons. The number of furan rings is 2. The van der Waals surface area contributed by atoms with E-state index in [1.807, 2.05) is 0 Å². The molecule has 2 nitrogen and oxygen atoms in total. The molecule has 4 rings (SSSR count). The highest BCUT2D eigenvalue weighted by atomic mass is 16.4. The van der Waals surface area contributed by atoms with Gasteiger partial charge in [0.2, 0.25) is 0 Å². The molecule has 2 aromatic carbocycles. The summed E-state index contributed by atoms with van der Waals surface area (Å²) in [7, 11) is 0. The maximum absolute atomic E-state index is 6.04. The number of fused-ring (bicyclic) bond motifs is 5. The maximum Gasteiger partial charge on any atom is 0.181 e. The predicted molar refractivity (Wildman–Crippen MR) is 82.4 cm³/mol. The molecule has 2 heterocycles. The first-order valence-corrected chi connectivity index (χ1v) is 6.88. The molecule has 0 saturated heterocycles. The molecule has 0 spiro atoms. The molecule has 20 heavy (non-hydrogen) atoms. The van der Waals surface area contributed by atoms with Crippen molar-refractivity contribution >= 4 is 33.1 Å². The Labute approximate surface area is 117 Å². The van der Waals surface area contributed by atoms with Crippen molar-refractivity contribution in [2.24, 2.45) is 0 Å². The van der Waals surface area contributed by atoms with Crippen LogP contribution in [0, 0.1) is 27.7 Å². The van der Waals surface area contributed by atoms with Gasteiger partial charge in [0.15, 0.2) is 11.2 Å². The molecule has 2 heteroatoms. The van der Waals surface area contributed by atoms with E-state index >= 15 is 0 Å². The molecule has 0 amide bonds. The Kier molecular flexibility index (Phi) is 2.12. The fourth-order valence-electron chi connectivity index (χ4n) is 2.77. The Morgan fingerprint density at radius 1 is 0.550 bits per heavy atom. The van der Waals surface area contributed by atoms with Crippen LogP contribution >= 0.6 is 0 Å². The largest absolute Gasteiger partial charge is 0.452 e. The van der Waals surface area contributed by atoms with Gasteiger partial charge in [0.1, 0.15) is 11.2 Å². The Morgan fingerprint density at radius 3 is 1.30 bits per heavy atom. The van der Waals surface area contributed by atoms with Gasteiger partial charge in [-0.25, -0.2) is 0 Å². The smallest absolute Gasteiger partial charge is 0.181 e. The first-order chi connectivity index (χ1) is 9.54. The van der Waals surface area contributed by atoms with E-state index in [1.54, 1.807) is 0 Å². The minimum absolute atomic E-state index is 0.864. The monoisotopic (exact) mass is 264 g/mol. The maximum atomic E-state index is 6.04. The summed E-state index contributed by atoms with van der Waals surface area (Å²) in [5, 5.41) is 2.13. The van der Waals surface area contributed by atoms with Crippen LogP contribution in [0.1, 0.15) is 22.3 Å². The molecule has 0 aliphatic heterocycles. The van der Waals surface area contributed by atoms with Crippen LogP contribution < -0.4 is 0 Å². The molecule has 0 atom stereocenters. The van der Waals surface area contributed by atoms with Gasteiger partial charge in [0.25, 0.3) is 0 Å². The third-order valence-corrected chi connectivity index (χ3v) is 4.31. The Balaban J connectivity index is 2.22. The molecule has 0 aliphatic rings. The zero-order chi connectivity index (χ0) is 14.0. The van der Waals surface area contributed by atoms with E-state index in [0.717, 1.165) is 33.1 Å². The fourth-order valence-corrected chi connectivity index (χ4v) is 2.77. The average molecular weight is 264 g/mol.